The topological polar surface area (TPSA) is 48.1 Å². The Morgan fingerprint density at radius 3 is 3.00 bits per heavy atom. The minimum absolute atomic E-state index is 0.326. The molecule has 0 radical (unpaired) electrons. The maximum absolute atomic E-state index is 6.08. The van der Waals surface area contributed by atoms with Gasteiger partial charge >= 0.3 is 0 Å². The molecule has 3 rings (SSSR count). The monoisotopic (exact) mass is 270 g/mol. The molecule has 0 aliphatic heterocycles. The number of nitrogens with zero attached hydrogens (tertiary/aromatic N) is 1. The molecule has 106 valence electrons. The Kier molecular flexibility index (Phi) is 3.77. The van der Waals surface area contributed by atoms with Crippen molar-refractivity contribution in [1.82, 2.24) is 4.98 Å². The first-order valence-electron chi connectivity index (χ1n) is 7.57. The van der Waals surface area contributed by atoms with Crippen LogP contribution < -0.4 is 10.5 Å². The third-order valence-electron chi connectivity index (χ3n) is 4.29. The first kappa shape index (κ1) is 13.2. The van der Waals surface area contributed by atoms with Gasteiger partial charge in [-0.15, -0.1) is 0 Å². The lowest BCUT2D eigenvalue weighted by Crippen LogP contribution is -2.25. The van der Waals surface area contributed by atoms with Gasteiger partial charge in [-0.2, -0.15) is 0 Å². The van der Waals surface area contributed by atoms with Gasteiger partial charge in [-0.25, -0.2) is 4.98 Å². The molecule has 3 nitrogen and oxygen atoms in total. The van der Waals surface area contributed by atoms with E-state index < -0.39 is 0 Å². The molecule has 0 bridgehead atoms. The van der Waals surface area contributed by atoms with Crippen molar-refractivity contribution in [3.63, 3.8) is 0 Å². The highest BCUT2D eigenvalue weighted by Gasteiger charge is 2.22. The highest BCUT2D eigenvalue weighted by atomic mass is 16.5. The van der Waals surface area contributed by atoms with Crippen LogP contribution in [0.4, 0.5) is 5.69 Å². The van der Waals surface area contributed by atoms with E-state index in [-0.39, 0.29) is 0 Å². The van der Waals surface area contributed by atoms with Crippen molar-refractivity contribution in [2.24, 2.45) is 5.92 Å². The van der Waals surface area contributed by atoms with Crippen molar-refractivity contribution in [3.8, 4) is 5.88 Å². The van der Waals surface area contributed by atoms with Gasteiger partial charge in [0.2, 0.25) is 5.88 Å². The smallest absolute Gasteiger partial charge is 0.214 e. The zero-order valence-electron chi connectivity index (χ0n) is 12.0. The lowest BCUT2D eigenvalue weighted by Gasteiger charge is -2.28. The van der Waals surface area contributed by atoms with E-state index in [4.69, 9.17) is 10.5 Å². The molecule has 1 saturated carbocycles. The fraction of sp³-hybridized carbons (Fsp3) is 0.471. The van der Waals surface area contributed by atoms with E-state index in [0.717, 1.165) is 41.2 Å². The Balaban J connectivity index is 1.75. The number of hydrogen-bond acceptors (Lipinski definition) is 3. The van der Waals surface area contributed by atoms with Crippen molar-refractivity contribution in [1.29, 1.82) is 0 Å². The molecule has 0 saturated heterocycles. The molecule has 2 aromatic rings. The van der Waals surface area contributed by atoms with Crippen molar-refractivity contribution < 1.29 is 4.74 Å². The largest absolute Gasteiger partial charge is 0.474 e. The quantitative estimate of drug-likeness (QED) is 0.852. The SMILES string of the molecule is CCC1CCCC(Oc2ccc3cc(N)ccc3n2)C1. The van der Waals surface area contributed by atoms with Crippen LogP contribution in [-0.2, 0) is 0 Å². The van der Waals surface area contributed by atoms with Crippen molar-refractivity contribution in [3.05, 3.63) is 30.3 Å². The summed E-state index contributed by atoms with van der Waals surface area (Å²) in [7, 11) is 0. The first-order valence-corrected chi connectivity index (χ1v) is 7.57. The van der Waals surface area contributed by atoms with Gasteiger partial charge in [0.25, 0.3) is 0 Å². The van der Waals surface area contributed by atoms with Gasteiger partial charge in [0.05, 0.1) is 5.52 Å². The van der Waals surface area contributed by atoms with Gasteiger partial charge in [0.15, 0.2) is 0 Å². The second-order valence-corrected chi connectivity index (χ2v) is 5.78. The summed E-state index contributed by atoms with van der Waals surface area (Å²) in [5.74, 6) is 1.55. The molecule has 0 spiro atoms. The molecule has 1 aromatic carbocycles. The van der Waals surface area contributed by atoms with Gasteiger partial charge in [0, 0.05) is 17.1 Å². The second-order valence-electron chi connectivity index (χ2n) is 5.78. The molecule has 3 heteroatoms. The van der Waals surface area contributed by atoms with E-state index in [9.17, 15) is 0 Å². The zero-order valence-corrected chi connectivity index (χ0v) is 12.0. The number of fused-ring (bicyclic) bond motifs is 1. The molecule has 1 aromatic heterocycles. The molecule has 0 amide bonds. The fourth-order valence-corrected chi connectivity index (χ4v) is 3.08. The predicted octanol–water partition coefficient (Wildman–Crippen LogP) is 4.16. The predicted molar refractivity (Wildman–Crippen MR) is 82.8 cm³/mol. The van der Waals surface area contributed by atoms with Crippen LogP contribution in [0.5, 0.6) is 5.88 Å². The average Bonchev–Trinajstić information content (AvgIpc) is 2.47. The molecule has 1 aliphatic rings. The van der Waals surface area contributed by atoms with E-state index in [0.29, 0.717) is 6.10 Å². The van der Waals surface area contributed by atoms with Gasteiger partial charge in [0.1, 0.15) is 6.10 Å². The number of ether oxygens (including phenoxy) is 1. The number of hydrogen-bond donors (Lipinski definition) is 1. The van der Waals surface area contributed by atoms with E-state index in [1.165, 1.54) is 19.3 Å². The zero-order chi connectivity index (χ0) is 13.9. The number of benzene rings is 1. The van der Waals surface area contributed by atoms with Crippen LogP contribution in [-0.4, -0.2) is 11.1 Å². The Labute approximate surface area is 120 Å². The number of nitrogen functional groups attached to an aromatic ring is 1. The molecule has 1 heterocycles. The Morgan fingerprint density at radius 1 is 1.25 bits per heavy atom. The lowest BCUT2D eigenvalue weighted by molar-refractivity contribution is 0.117. The number of anilines is 1. The third kappa shape index (κ3) is 2.87. The second kappa shape index (κ2) is 5.70. The van der Waals surface area contributed by atoms with Crippen LogP contribution in [0.3, 0.4) is 0 Å². The maximum Gasteiger partial charge on any atom is 0.214 e. The van der Waals surface area contributed by atoms with Gasteiger partial charge in [-0.05, 0) is 49.4 Å². The maximum atomic E-state index is 6.08. The summed E-state index contributed by atoms with van der Waals surface area (Å²) >= 11 is 0. The van der Waals surface area contributed by atoms with Gasteiger partial charge < -0.3 is 10.5 Å². The molecule has 2 unspecified atom stereocenters. The number of pyridine rings is 1. The summed E-state index contributed by atoms with van der Waals surface area (Å²) in [4.78, 5) is 4.58. The number of rotatable bonds is 3. The number of nitrogens with two attached hydrogens (primary N) is 1. The minimum Gasteiger partial charge on any atom is -0.474 e. The standard InChI is InChI=1S/C17H22N2O/c1-2-12-4-3-5-15(10-12)20-17-9-6-13-11-14(18)7-8-16(13)19-17/h6-9,11-12,15H,2-5,10,18H2,1H3. The van der Waals surface area contributed by atoms with Gasteiger partial charge in [-0.3, -0.25) is 0 Å². The average molecular weight is 270 g/mol. The minimum atomic E-state index is 0.326. The molecular weight excluding hydrogens is 248 g/mol. The third-order valence-corrected chi connectivity index (χ3v) is 4.29. The highest BCUT2D eigenvalue weighted by Crippen LogP contribution is 2.29. The van der Waals surface area contributed by atoms with Crippen LogP contribution >= 0.6 is 0 Å². The highest BCUT2D eigenvalue weighted by molar-refractivity contribution is 5.82. The molecule has 1 fully saturated rings. The van der Waals surface area contributed by atoms with Crippen molar-refractivity contribution in [2.45, 2.75) is 45.1 Å². The van der Waals surface area contributed by atoms with Crippen LogP contribution in [0.2, 0.25) is 0 Å². The van der Waals surface area contributed by atoms with E-state index >= 15 is 0 Å². The molecule has 1 aliphatic carbocycles. The Hall–Kier alpha value is -1.77. The molecular formula is C17H22N2O. The summed E-state index contributed by atoms with van der Waals surface area (Å²) in [5.41, 5.74) is 7.50. The summed E-state index contributed by atoms with van der Waals surface area (Å²) in [5, 5.41) is 1.06. The molecule has 2 N–H and O–H groups in total. The summed E-state index contributed by atoms with van der Waals surface area (Å²) in [6.45, 7) is 2.27. The normalized spacial score (nSPS) is 22.9. The van der Waals surface area contributed by atoms with Crippen LogP contribution in [0.1, 0.15) is 39.0 Å². The summed E-state index contributed by atoms with van der Waals surface area (Å²) in [6, 6.07) is 9.77. The van der Waals surface area contributed by atoms with Crippen LogP contribution in [0.15, 0.2) is 30.3 Å². The number of aromatic nitrogens is 1. The molecule has 2 atom stereocenters. The van der Waals surface area contributed by atoms with Crippen molar-refractivity contribution in [2.75, 3.05) is 5.73 Å². The summed E-state index contributed by atoms with van der Waals surface area (Å²) in [6.07, 6.45) is 6.52. The molecule has 20 heavy (non-hydrogen) atoms. The van der Waals surface area contributed by atoms with Crippen LogP contribution in [0.25, 0.3) is 10.9 Å². The fourth-order valence-electron chi connectivity index (χ4n) is 3.08. The van der Waals surface area contributed by atoms with E-state index in [1.807, 2.05) is 30.3 Å². The van der Waals surface area contributed by atoms with E-state index in [2.05, 4.69) is 11.9 Å². The van der Waals surface area contributed by atoms with Crippen molar-refractivity contribution >= 4 is 16.6 Å². The lowest BCUT2D eigenvalue weighted by atomic mass is 9.85. The first-order chi connectivity index (χ1) is 9.74. The van der Waals surface area contributed by atoms with E-state index in [1.54, 1.807) is 0 Å². The van der Waals surface area contributed by atoms with Crippen LogP contribution in [0, 0.1) is 5.92 Å². The Morgan fingerprint density at radius 2 is 2.15 bits per heavy atom. The van der Waals surface area contributed by atoms with Gasteiger partial charge in [-0.1, -0.05) is 19.8 Å². The summed E-state index contributed by atoms with van der Waals surface area (Å²) < 4.78 is 6.08. The Bertz CT molecular complexity index is 597.